The van der Waals surface area contributed by atoms with Crippen LogP contribution in [0.25, 0.3) is 98.9 Å². The molecule has 0 radical (unpaired) electrons. The maximum atomic E-state index is 6.67. The highest BCUT2D eigenvalue weighted by Crippen LogP contribution is 2.40. The summed E-state index contributed by atoms with van der Waals surface area (Å²) in [7, 11) is 0. The monoisotopic (exact) mass is 680 g/mol. The molecule has 4 heterocycles. The zero-order valence-electron chi connectivity index (χ0n) is 28.3. The lowest BCUT2D eigenvalue weighted by Gasteiger charge is -2.10. The summed E-state index contributed by atoms with van der Waals surface area (Å²) in [5, 5.41) is 9.07. The Hall–Kier alpha value is -7.24. The van der Waals surface area contributed by atoms with Crippen molar-refractivity contribution in [3.63, 3.8) is 0 Å². The van der Waals surface area contributed by atoms with E-state index in [0.717, 1.165) is 99.6 Å². The first-order valence-electron chi connectivity index (χ1n) is 17.8. The Labute approximate surface area is 302 Å². The third-order valence-corrected chi connectivity index (χ3v) is 10.8. The van der Waals surface area contributed by atoms with Crippen LogP contribution in [0.1, 0.15) is 0 Å². The van der Waals surface area contributed by atoms with Crippen molar-refractivity contribution in [3.8, 4) is 22.9 Å². The predicted octanol–water partition coefficient (Wildman–Crippen LogP) is 13.5. The van der Waals surface area contributed by atoms with Crippen molar-refractivity contribution in [3.05, 3.63) is 170 Å². The molecular formula is C48H28N2O3. The van der Waals surface area contributed by atoms with Crippen molar-refractivity contribution in [2.45, 2.75) is 0 Å². The highest BCUT2D eigenvalue weighted by atomic mass is 16.5. The van der Waals surface area contributed by atoms with Crippen molar-refractivity contribution in [2.75, 3.05) is 0 Å². The van der Waals surface area contributed by atoms with Crippen LogP contribution in [0, 0.1) is 0 Å². The maximum absolute atomic E-state index is 6.67. The number of fused-ring (bicyclic) bond motifs is 12. The molecule has 0 aliphatic rings. The second-order valence-electron chi connectivity index (χ2n) is 13.7. The molecule has 0 spiro atoms. The summed E-state index contributed by atoms with van der Waals surface area (Å²) in [5.74, 6) is 1.58. The molecule has 53 heavy (non-hydrogen) atoms. The standard InChI is InChI=1S/C48H28N2O3/c1-5-13-41-33(9-1)37-27-31(19-21-43(37)49(41)29-17-23-47-39(25-29)35-11-3-7-15-45(35)52-47)51-32-20-22-44-38(28-32)34-10-2-6-14-42(34)50(44)30-18-24-48-40(26-30)36-12-4-8-16-46(36)53-48/h1-28H. The van der Waals surface area contributed by atoms with Crippen molar-refractivity contribution in [1.82, 2.24) is 9.13 Å². The summed E-state index contributed by atoms with van der Waals surface area (Å²) in [6, 6.07) is 59.3. The molecule has 5 nitrogen and oxygen atoms in total. The van der Waals surface area contributed by atoms with Crippen LogP contribution in [0.4, 0.5) is 0 Å². The van der Waals surface area contributed by atoms with E-state index in [4.69, 9.17) is 13.6 Å². The summed E-state index contributed by atoms with van der Waals surface area (Å²) in [5.41, 5.74) is 10.3. The van der Waals surface area contributed by atoms with E-state index in [1.165, 1.54) is 10.8 Å². The van der Waals surface area contributed by atoms with Gasteiger partial charge in [-0.05, 0) is 97.1 Å². The normalized spacial score (nSPS) is 12.2. The van der Waals surface area contributed by atoms with Gasteiger partial charge in [0.2, 0.25) is 0 Å². The van der Waals surface area contributed by atoms with Gasteiger partial charge in [-0.3, -0.25) is 0 Å². The summed E-state index contributed by atoms with van der Waals surface area (Å²) < 4.78 is 23.6. The third-order valence-electron chi connectivity index (χ3n) is 10.8. The average molecular weight is 681 g/mol. The summed E-state index contributed by atoms with van der Waals surface area (Å²) in [4.78, 5) is 0. The second kappa shape index (κ2) is 10.6. The molecule has 4 aromatic heterocycles. The quantitative estimate of drug-likeness (QED) is 0.186. The number of furan rings is 2. The molecule has 0 aliphatic heterocycles. The number of ether oxygens (including phenoxy) is 1. The van der Waals surface area contributed by atoms with Gasteiger partial charge in [-0.2, -0.15) is 0 Å². The van der Waals surface area contributed by atoms with E-state index in [2.05, 4.69) is 155 Å². The summed E-state index contributed by atoms with van der Waals surface area (Å²) >= 11 is 0. The SMILES string of the molecule is c1ccc2c(c1)oc1ccc(-n3c4ccccc4c4cc(Oc5ccc6c(c5)c5ccccc5n6-c5ccc6oc7ccccc7c6c5)ccc43)cc12. The van der Waals surface area contributed by atoms with Crippen molar-refractivity contribution in [1.29, 1.82) is 0 Å². The minimum Gasteiger partial charge on any atom is -0.457 e. The molecule has 0 saturated carbocycles. The zero-order valence-corrected chi connectivity index (χ0v) is 28.3. The lowest BCUT2D eigenvalue weighted by Crippen LogP contribution is -1.94. The van der Waals surface area contributed by atoms with Gasteiger partial charge in [0.25, 0.3) is 0 Å². The molecule has 0 N–H and O–H groups in total. The van der Waals surface area contributed by atoms with Gasteiger partial charge in [0, 0.05) is 54.5 Å². The van der Waals surface area contributed by atoms with Gasteiger partial charge < -0.3 is 22.7 Å². The van der Waals surface area contributed by atoms with Crippen LogP contribution in [-0.4, -0.2) is 9.13 Å². The fraction of sp³-hybridized carbons (Fsp3) is 0. The van der Waals surface area contributed by atoms with Gasteiger partial charge in [0.05, 0.1) is 22.1 Å². The van der Waals surface area contributed by atoms with Crippen LogP contribution in [0.2, 0.25) is 0 Å². The fourth-order valence-corrected chi connectivity index (χ4v) is 8.43. The molecule has 0 unspecified atom stereocenters. The molecule has 0 amide bonds. The predicted molar refractivity (Wildman–Crippen MR) is 216 cm³/mol. The van der Waals surface area contributed by atoms with E-state index in [9.17, 15) is 0 Å². The van der Waals surface area contributed by atoms with Crippen molar-refractivity contribution in [2.24, 2.45) is 0 Å². The smallest absolute Gasteiger partial charge is 0.135 e. The average Bonchev–Trinajstić information content (AvgIpc) is 3.95. The third kappa shape index (κ3) is 4.13. The lowest BCUT2D eigenvalue weighted by atomic mass is 10.1. The van der Waals surface area contributed by atoms with Crippen LogP contribution >= 0.6 is 0 Å². The van der Waals surface area contributed by atoms with E-state index >= 15 is 0 Å². The highest BCUT2D eigenvalue weighted by Gasteiger charge is 2.18. The largest absolute Gasteiger partial charge is 0.457 e. The van der Waals surface area contributed by atoms with E-state index in [-0.39, 0.29) is 0 Å². The van der Waals surface area contributed by atoms with Gasteiger partial charge in [-0.25, -0.2) is 0 Å². The molecule has 0 aliphatic carbocycles. The van der Waals surface area contributed by atoms with Crippen LogP contribution < -0.4 is 4.74 Å². The number of hydrogen-bond acceptors (Lipinski definition) is 3. The van der Waals surface area contributed by atoms with Gasteiger partial charge in [-0.1, -0.05) is 72.8 Å². The number of hydrogen-bond donors (Lipinski definition) is 0. The van der Waals surface area contributed by atoms with Gasteiger partial charge in [0.1, 0.15) is 33.8 Å². The van der Waals surface area contributed by atoms with Crippen molar-refractivity contribution >= 4 is 87.5 Å². The fourth-order valence-electron chi connectivity index (χ4n) is 8.43. The number of benzene rings is 8. The Kier molecular flexibility index (Phi) is 5.71. The van der Waals surface area contributed by atoms with Crippen LogP contribution in [0.3, 0.4) is 0 Å². The molecule has 248 valence electrons. The Morgan fingerprint density at radius 1 is 0.302 bits per heavy atom. The van der Waals surface area contributed by atoms with Crippen LogP contribution in [-0.2, 0) is 0 Å². The Morgan fingerprint density at radius 3 is 1.19 bits per heavy atom. The van der Waals surface area contributed by atoms with E-state index in [1.54, 1.807) is 0 Å². The van der Waals surface area contributed by atoms with Gasteiger partial charge >= 0.3 is 0 Å². The maximum Gasteiger partial charge on any atom is 0.135 e. The van der Waals surface area contributed by atoms with Gasteiger partial charge in [0.15, 0.2) is 0 Å². The first-order valence-corrected chi connectivity index (χ1v) is 17.8. The lowest BCUT2D eigenvalue weighted by molar-refractivity contribution is 0.484. The molecule has 12 aromatic rings. The second-order valence-corrected chi connectivity index (χ2v) is 13.7. The van der Waals surface area contributed by atoms with Crippen LogP contribution in [0.15, 0.2) is 179 Å². The number of aromatic nitrogens is 2. The van der Waals surface area contributed by atoms with E-state index in [1.807, 2.05) is 24.3 Å². The molecule has 5 heteroatoms. The molecule has 0 atom stereocenters. The Bertz CT molecular complexity index is 3220. The molecule has 0 saturated heterocycles. The summed E-state index contributed by atoms with van der Waals surface area (Å²) in [6.07, 6.45) is 0. The molecule has 0 fully saturated rings. The number of rotatable bonds is 4. The number of nitrogens with zero attached hydrogens (tertiary/aromatic N) is 2. The molecule has 8 aromatic carbocycles. The minimum atomic E-state index is 0.789. The topological polar surface area (TPSA) is 45.4 Å². The molecular weight excluding hydrogens is 653 g/mol. The van der Waals surface area contributed by atoms with Crippen LogP contribution in [0.5, 0.6) is 11.5 Å². The zero-order chi connectivity index (χ0) is 34.6. The number of para-hydroxylation sites is 4. The van der Waals surface area contributed by atoms with Gasteiger partial charge in [-0.15, -0.1) is 0 Å². The first-order chi connectivity index (χ1) is 26.2. The Morgan fingerprint density at radius 2 is 0.698 bits per heavy atom. The highest BCUT2D eigenvalue weighted by molar-refractivity contribution is 6.12. The van der Waals surface area contributed by atoms with E-state index in [0.29, 0.717) is 0 Å². The Balaban J connectivity index is 0.970. The van der Waals surface area contributed by atoms with Crippen molar-refractivity contribution < 1.29 is 13.6 Å². The molecule has 0 bridgehead atoms. The molecule has 12 rings (SSSR count). The first kappa shape index (κ1) is 28.5. The minimum absolute atomic E-state index is 0.789. The van der Waals surface area contributed by atoms with E-state index < -0.39 is 0 Å². The summed E-state index contributed by atoms with van der Waals surface area (Å²) in [6.45, 7) is 0.